The molecule has 0 unspecified atom stereocenters. The van der Waals surface area contributed by atoms with Crippen LogP contribution in [0.3, 0.4) is 0 Å². The van der Waals surface area contributed by atoms with Crippen molar-refractivity contribution in [2.24, 2.45) is 0 Å². The number of hydrogen-bond acceptors (Lipinski definition) is 5. The molecule has 9 heteroatoms. The minimum Gasteiger partial charge on any atom is -0.493 e. The Morgan fingerprint density at radius 2 is 1.70 bits per heavy atom. The number of anilines is 1. The van der Waals surface area contributed by atoms with Gasteiger partial charge < -0.3 is 19.9 Å². The van der Waals surface area contributed by atoms with Crippen LogP contribution in [0.4, 0.5) is 14.6 Å². The Bertz CT molecular complexity index is 1110. The smallest absolute Gasteiger partial charge is 0.337 e. The summed E-state index contributed by atoms with van der Waals surface area (Å²) < 4.78 is 39.9. The van der Waals surface area contributed by atoms with E-state index in [0.717, 1.165) is 6.20 Å². The fraction of sp³-hybridized carbons (Fsp3) is 0.208. The van der Waals surface area contributed by atoms with Gasteiger partial charge in [0.25, 0.3) is 5.91 Å². The molecule has 0 aliphatic carbocycles. The number of carbonyl (C=O) groups is 2. The summed E-state index contributed by atoms with van der Waals surface area (Å²) in [4.78, 5) is 27.5. The minimum atomic E-state index is -3.24. The lowest BCUT2D eigenvalue weighted by Crippen LogP contribution is -2.23. The lowest BCUT2D eigenvalue weighted by Gasteiger charge is -2.18. The second kappa shape index (κ2) is 10.5. The van der Waals surface area contributed by atoms with Gasteiger partial charge in [0.1, 0.15) is 17.3 Å². The van der Waals surface area contributed by atoms with E-state index in [2.05, 4.69) is 10.3 Å². The van der Waals surface area contributed by atoms with Crippen molar-refractivity contribution in [3.8, 4) is 11.5 Å². The van der Waals surface area contributed by atoms with E-state index in [1.807, 2.05) is 6.92 Å². The van der Waals surface area contributed by atoms with Crippen LogP contribution in [0.1, 0.15) is 39.6 Å². The highest BCUT2D eigenvalue weighted by Gasteiger charge is 2.32. The number of carboxylic acid groups (broad SMARTS) is 1. The molecular weight excluding hydrogens is 434 g/mol. The molecule has 0 atom stereocenters. The first-order valence-electron chi connectivity index (χ1n) is 10.1. The zero-order valence-electron chi connectivity index (χ0n) is 17.8. The van der Waals surface area contributed by atoms with E-state index in [-0.39, 0.29) is 34.0 Å². The molecule has 3 rings (SSSR count). The van der Waals surface area contributed by atoms with Crippen LogP contribution in [0.15, 0.2) is 66.9 Å². The number of aromatic carboxylic acids is 1. The quantitative estimate of drug-likeness (QED) is 0.446. The van der Waals surface area contributed by atoms with Crippen molar-refractivity contribution in [1.82, 2.24) is 4.98 Å². The van der Waals surface area contributed by atoms with Crippen LogP contribution in [0.25, 0.3) is 0 Å². The topological polar surface area (TPSA) is 97.8 Å². The summed E-state index contributed by atoms with van der Waals surface area (Å²) in [6, 6.07) is 14.2. The van der Waals surface area contributed by atoms with Gasteiger partial charge in [-0.25, -0.2) is 9.78 Å². The molecule has 7 nitrogen and oxygen atoms in total. The zero-order chi connectivity index (χ0) is 23.8. The van der Waals surface area contributed by atoms with Gasteiger partial charge in [0.2, 0.25) is 0 Å². The Balaban J connectivity index is 1.78. The molecule has 0 bridgehead atoms. The summed E-state index contributed by atoms with van der Waals surface area (Å²) >= 11 is 0. The maximum Gasteiger partial charge on any atom is 0.337 e. The Hall–Kier alpha value is -4.01. The van der Waals surface area contributed by atoms with Crippen LogP contribution in [-0.4, -0.2) is 35.2 Å². The number of alkyl halides is 2. The zero-order valence-corrected chi connectivity index (χ0v) is 17.8. The predicted octanol–water partition coefficient (Wildman–Crippen LogP) is 4.99. The molecule has 3 aromatic rings. The summed E-state index contributed by atoms with van der Waals surface area (Å²) in [6.45, 7) is 1.34. The molecule has 172 valence electrons. The summed E-state index contributed by atoms with van der Waals surface area (Å²) in [5.41, 5.74) is -0.110. The first-order valence-corrected chi connectivity index (χ1v) is 10.1. The van der Waals surface area contributed by atoms with Crippen LogP contribution < -0.4 is 14.8 Å². The van der Waals surface area contributed by atoms with Crippen molar-refractivity contribution in [2.45, 2.75) is 19.3 Å². The van der Waals surface area contributed by atoms with Crippen LogP contribution in [0.2, 0.25) is 0 Å². The van der Waals surface area contributed by atoms with E-state index in [1.165, 1.54) is 54.6 Å². The van der Waals surface area contributed by atoms with Gasteiger partial charge in [-0.05, 0) is 30.7 Å². The fourth-order valence-electron chi connectivity index (χ4n) is 2.81. The number of nitrogens with zero attached hydrogens (tertiary/aromatic N) is 1. The Morgan fingerprint density at radius 1 is 1.00 bits per heavy atom. The number of ether oxygens (including phenoxy) is 2. The van der Waals surface area contributed by atoms with Gasteiger partial charge in [-0.2, -0.15) is 8.78 Å². The van der Waals surface area contributed by atoms with Crippen LogP contribution in [-0.2, 0) is 5.92 Å². The second-order valence-corrected chi connectivity index (χ2v) is 7.09. The molecule has 1 aromatic heterocycles. The highest BCUT2D eigenvalue weighted by molar-refractivity contribution is 6.04. The third kappa shape index (κ3) is 6.49. The van der Waals surface area contributed by atoms with E-state index in [9.17, 15) is 18.4 Å². The number of halogens is 2. The van der Waals surface area contributed by atoms with E-state index in [4.69, 9.17) is 14.6 Å². The molecule has 0 saturated heterocycles. The minimum absolute atomic E-state index is 0.0296. The molecule has 33 heavy (non-hydrogen) atoms. The van der Waals surface area contributed by atoms with Crippen molar-refractivity contribution in [1.29, 1.82) is 0 Å². The maximum atomic E-state index is 14.5. The lowest BCUT2D eigenvalue weighted by atomic mass is 10.1. The Morgan fingerprint density at radius 3 is 2.30 bits per heavy atom. The number of aromatic nitrogens is 1. The number of carboxylic acids is 1. The van der Waals surface area contributed by atoms with Gasteiger partial charge in [0.15, 0.2) is 6.61 Å². The van der Waals surface area contributed by atoms with Gasteiger partial charge in [0.05, 0.1) is 12.2 Å². The largest absolute Gasteiger partial charge is 0.493 e. The summed E-state index contributed by atoms with van der Waals surface area (Å²) in [7, 11) is 0. The standard InChI is InChI=1S/C24H22F2N2O5/c1-2-10-32-19-11-17(22(29)28-21-9-8-16(14-27-21)23(30)31)12-20(13-19)33-15-24(25,26)18-6-4-3-5-7-18/h3-9,11-14H,2,10,15H2,1H3,(H,30,31)(H,27,28,29). The molecule has 2 N–H and O–H groups in total. The first-order chi connectivity index (χ1) is 15.8. The van der Waals surface area contributed by atoms with Crippen molar-refractivity contribution in [3.05, 3.63) is 83.6 Å². The molecule has 0 aliphatic rings. The number of nitrogens with one attached hydrogen (secondary N) is 1. The normalized spacial score (nSPS) is 11.0. The van der Waals surface area contributed by atoms with Crippen molar-refractivity contribution in [2.75, 3.05) is 18.5 Å². The van der Waals surface area contributed by atoms with Gasteiger partial charge in [-0.1, -0.05) is 37.3 Å². The number of carbonyl (C=O) groups excluding carboxylic acids is 1. The number of amides is 1. The number of pyridine rings is 1. The maximum absolute atomic E-state index is 14.5. The molecule has 0 fully saturated rings. The summed E-state index contributed by atoms with van der Waals surface area (Å²) in [5, 5.41) is 11.5. The molecule has 1 amide bonds. The molecular formula is C24H22F2N2O5. The fourth-order valence-corrected chi connectivity index (χ4v) is 2.81. The van der Waals surface area contributed by atoms with Crippen molar-refractivity contribution >= 4 is 17.7 Å². The molecule has 1 heterocycles. The van der Waals surface area contributed by atoms with E-state index in [0.29, 0.717) is 13.0 Å². The molecule has 0 radical (unpaired) electrons. The Labute approximate surface area is 189 Å². The Kier molecular flexibility index (Phi) is 7.55. The summed E-state index contributed by atoms with van der Waals surface area (Å²) in [5.74, 6) is -4.51. The van der Waals surface area contributed by atoms with E-state index >= 15 is 0 Å². The third-order valence-corrected chi connectivity index (χ3v) is 4.48. The first kappa shape index (κ1) is 23.6. The van der Waals surface area contributed by atoms with Gasteiger partial charge in [-0.3, -0.25) is 4.79 Å². The summed E-state index contributed by atoms with van der Waals surface area (Å²) in [6.07, 6.45) is 1.82. The monoisotopic (exact) mass is 456 g/mol. The van der Waals surface area contributed by atoms with Gasteiger partial charge in [0, 0.05) is 23.4 Å². The average Bonchev–Trinajstić information content (AvgIpc) is 2.82. The van der Waals surface area contributed by atoms with Crippen molar-refractivity contribution in [3.63, 3.8) is 0 Å². The van der Waals surface area contributed by atoms with Crippen LogP contribution in [0, 0.1) is 0 Å². The number of benzene rings is 2. The van der Waals surface area contributed by atoms with E-state index < -0.39 is 24.4 Å². The molecule has 0 aliphatic heterocycles. The number of hydrogen-bond donors (Lipinski definition) is 2. The van der Waals surface area contributed by atoms with Crippen molar-refractivity contribution < 1.29 is 33.0 Å². The van der Waals surface area contributed by atoms with Crippen LogP contribution in [0.5, 0.6) is 11.5 Å². The molecule has 2 aromatic carbocycles. The van der Waals surface area contributed by atoms with Gasteiger partial charge in [-0.15, -0.1) is 0 Å². The SMILES string of the molecule is CCCOc1cc(OCC(F)(F)c2ccccc2)cc(C(=O)Nc2ccc(C(=O)O)cn2)c1. The van der Waals surface area contributed by atoms with Crippen LogP contribution >= 0.6 is 0 Å². The lowest BCUT2D eigenvalue weighted by molar-refractivity contribution is -0.0467. The van der Waals surface area contributed by atoms with Gasteiger partial charge >= 0.3 is 11.9 Å². The molecule has 0 spiro atoms. The van der Waals surface area contributed by atoms with E-state index in [1.54, 1.807) is 6.07 Å². The predicted molar refractivity (Wildman–Crippen MR) is 117 cm³/mol. The molecule has 0 saturated carbocycles. The second-order valence-electron chi connectivity index (χ2n) is 7.09. The highest BCUT2D eigenvalue weighted by Crippen LogP contribution is 2.30. The number of rotatable bonds is 10. The third-order valence-electron chi connectivity index (χ3n) is 4.48. The average molecular weight is 456 g/mol. The highest BCUT2D eigenvalue weighted by atomic mass is 19.3.